The van der Waals surface area contributed by atoms with E-state index in [1.807, 2.05) is 0 Å². The van der Waals surface area contributed by atoms with Gasteiger partial charge in [-0.05, 0) is 52.4 Å². The predicted octanol–water partition coefficient (Wildman–Crippen LogP) is 3.32. The van der Waals surface area contributed by atoms with Gasteiger partial charge in [0.25, 0.3) is 0 Å². The van der Waals surface area contributed by atoms with Gasteiger partial charge in [0.2, 0.25) is 5.76 Å². The highest BCUT2D eigenvalue weighted by Gasteiger charge is 2.18. The molecule has 0 bridgehead atoms. The minimum absolute atomic E-state index is 0.171. The van der Waals surface area contributed by atoms with Crippen LogP contribution >= 0.6 is 34.2 Å². The summed E-state index contributed by atoms with van der Waals surface area (Å²) in [5, 5.41) is 19.3. The first-order valence-electron chi connectivity index (χ1n) is 4.95. The number of aliphatic hydroxyl groups excluding tert-OH is 1. The Bertz CT molecular complexity index is 594. The van der Waals surface area contributed by atoms with Crippen LogP contribution in [-0.4, -0.2) is 16.2 Å². The fourth-order valence-electron chi connectivity index (χ4n) is 1.46. The second-order valence-corrected chi connectivity index (χ2v) is 5.15. The van der Waals surface area contributed by atoms with E-state index < -0.39 is 12.1 Å². The summed E-state index contributed by atoms with van der Waals surface area (Å²) >= 11 is 8.03. The number of halogens is 2. The summed E-state index contributed by atoms with van der Waals surface area (Å²) in [5.41, 5.74) is 0.548. The van der Waals surface area contributed by atoms with Crippen LogP contribution in [0.25, 0.3) is 0 Å². The normalized spacial score (nSPS) is 12.4. The SMILES string of the molecule is O=C(O)c1ccc(C(O)c2ccc(I)c(Cl)c2)o1. The van der Waals surface area contributed by atoms with Crippen LogP contribution in [0.4, 0.5) is 0 Å². The number of carboxylic acids is 1. The smallest absolute Gasteiger partial charge is 0.371 e. The second kappa shape index (κ2) is 5.29. The Balaban J connectivity index is 2.31. The number of benzene rings is 1. The van der Waals surface area contributed by atoms with Crippen molar-refractivity contribution in [2.75, 3.05) is 0 Å². The zero-order valence-corrected chi connectivity index (χ0v) is 11.8. The molecule has 1 atom stereocenters. The fraction of sp³-hybridized carbons (Fsp3) is 0.0833. The molecule has 1 heterocycles. The van der Waals surface area contributed by atoms with Gasteiger partial charge in [0.05, 0.1) is 5.02 Å². The van der Waals surface area contributed by atoms with E-state index in [0.29, 0.717) is 10.6 Å². The number of carbonyl (C=O) groups is 1. The second-order valence-electron chi connectivity index (χ2n) is 3.58. The van der Waals surface area contributed by atoms with Gasteiger partial charge in [0.15, 0.2) is 0 Å². The molecule has 18 heavy (non-hydrogen) atoms. The summed E-state index contributed by atoms with van der Waals surface area (Å²) in [4.78, 5) is 10.7. The lowest BCUT2D eigenvalue weighted by Crippen LogP contribution is -1.99. The summed E-state index contributed by atoms with van der Waals surface area (Å²) in [7, 11) is 0. The molecular weight excluding hydrogens is 370 g/mol. The molecule has 94 valence electrons. The number of hydrogen-bond acceptors (Lipinski definition) is 3. The van der Waals surface area contributed by atoms with Gasteiger partial charge in [0, 0.05) is 3.57 Å². The molecule has 0 fully saturated rings. The molecule has 0 aliphatic heterocycles. The molecule has 0 aliphatic rings. The van der Waals surface area contributed by atoms with E-state index >= 15 is 0 Å². The fourth-order valence-corrected chi connectivity index (χ4v) is 1.99. The predicted molar refractivity (Wildman–Crippen MR) is 73.9 cm³/mol. The van der Waals surface area contributed by atoms with Crippen molar-refractivity contribution in [1.29, 1.82) is 0 Å². The molecule has 6 heteroatoms. The lowest BCUT2D eigenvalue weighted by molar-refractivity contribution is 0.0655. The topological polar surface area (TPSA) is 70.7 Å². The van der Waals surface area contributed by atoms with Crippen LogP contribution in [0, 0.1) is 3.57 Å². The molecule has 0 saturated carbocycles. The Labute approximate surface area is 121 Å². The van der Waals surface area contributed by atoms with Crippen molar-refractivity contribution in [3.05, 3.63) is 56.0 Å². The molecule has 0 spiro atoms. The third-order valence-corrected chi connectivity index (χ3v) is 3.94. The molecule has 0 radical (unpaired) electrons. The van der Waals surface area contributed by atoms with E-state index in [1.165, 1.54) is 12.1 Å². The van der Waals surface area contributed by atoms with E-state index in [4.69, 9.17) is 21.1 Å². The van der Waals surface area contributed by atoms with Crippen LogP contribution < -0.4 is 0 Å². The Kier molecular flexibility index (Phi) is 3.94. The van der Waals surface area contributed by atoms with E-state index in [1.54, 1.807) is 18.2 Å². The standard InChI is InChI=1S/C12H8ClIO4/c13-7-5-6(1-2-8(7)14)11(15)9-3-4-10(18-9)12(16)17/h1-5,11,15H,(H,16,17). The molecule has 4 nitrogen and oxygen atoms in total. The summed E-state index contributed by atoms with van der Waals surface area (Å²) in [5.74, 6) is -1.21. The minimum atomic E-state index is -1.17. The average Bonchev–Trinajstić information content (AvgIpc) is 2.81. The first-order chi connectivity index (χ1) is 8.49. The van der Waals surface area contributed by atoms with E-state index in [0.717, 1.165) is 3.57 Å². The van der Waals surface area contributed by atoms with E-state index in [-0.39, 0.29) is 11.5 Å². The minimum Gasteiger partial charge on any atom is -0.475 e. The van der Waals surface area contributed by atoms with Gasteiger partial charge >= 0.3 is 5.97 Å². The third-order valence-electron chi connectivity index (χ3n) is 2.37. The number of aliphatic hydroxyl groups is 1. The van der Waals surface area contributed by atoms with E-state index in [9.17, 15) is 9.90 Å². The van der Waals surface area contributed by atoms with Gasteiger partial charge in [-0.25, -0.2) is 4.79 Å². The van der Waals surface area contributed by atoms with Crippen LogP contribution in [0.1, 0.15) is 28.0 Å². The Morgan fingerprint density at radius 2 is 2.06 bits per heavy atom. The van der Waals surface area contributed by atoms with Gasteiger partial charge in [-0.2, -0.15) is 0 Å². The van der Waals surface area contributed by atoms with Crippen molar-refractivity contribution in [1.82, 2.24) is 0 Å². The summed E-state index contributed by atoms with van der Waals surface area (Å²) in [6.45, 7) is 0. The van der Waals surface area contributed by atoms with Crippen molar-refractivity contribution < 1.29 is 19.4 Å². The first kappa shape index (κ1) is 13.4. The molecule has 1 unspecified atom stereocenters. The number of aromatic carboxylic acids is 1. The van der Waals surface area contributed by atoms with Gasteiger partial charge in [-0.3, -0.25) is 0 Å². The summed E-state index contributed by atoms with van der Waals surface area (Å²) in [6.07, 6.45) is -1.03. The van der Waals surface area contributed by atoms with Crippen molar-refractivity contribution in [2.24, 2.45) is 0 Å². The monoisotopic (exact) mass is 378 g/mol. The Morgan fingerprint density at radius 1 is 1.33 bits per heavy atom. The van der Waals surface area contributed by atoms with Crippen molar-refractivity contribution in [3.63, 3.8) is 0 Å². The number of furan rings is 1. The molecule has 0 amide bonds. The van der Waals surface area contributed by atoms with Gasteiger partial charge in [-0.15, -0.1) is 0 Å². The highest BCUT2D eigenvalue weighted by Crippen LogP contribution is 2.28. The maximum atomic E-state index is 10.7. The zero-order chi connectivity index (χ0) is 13.3. The highest BCUT2D eigenvalue weighted by atomic mass is 127. The lowest BCUT2D eigenvalue weighted by atomic mass is 10.1. The quantitative estimate of drug-likeness (QED) is 0.804. The Hall–Kier alpha value is -1.05. The number of carboxylic acid groups (broad SMARTS) is 1. The van der Waals surface area contributed by atoms with Crippen molar-refractivity contribution in [3.8, 4) is 0 Å². The van der Waals surface area contributed by atoms with Crippen molar-refractivity contribution in [2.45, 2.75) is 6.10 Å². The van der Waals surface area contributed by atoms with Gasteiger partial charge in [-0.1, -0.05) is 17.7 Å². The molecule has 2 N–H and O–H groups in total. The largest absolute Gasteiger partial charge is 0.475 e. The molecule has 1 aromatic carbocycles. The summed E-state index contributed by atoms with van der Waals surface area (Å²) < 4.78 is 5.91. The van der Waals surface area contributed by atoms with Crippen LogP contribution in [-0.2, 0) is 0 Å². The molecule has 2 rings (SSSR count). The molecular formula is C12H8ClIO4. The third kappa shape index (κ3) is 2.68. The average molecular weight is 379 g/mol. The maximum absolute atomic E-state index is 10.7. The molecule has 0 aliphatic carbocycles. The molecule has 2 aromatic rings. The number of hydrogen-bond donors (Lipinski definition) is 2. The van der Waals surface area contributed by atoms with Gasteiger partial charge < -0.3 is 14.6 Å². The van der Waals surface area contributed by atoms with Crippen LogP contribution in [0.15, 0.2) is 34.7 Å². The van der Waals surface area contributed by atoms with Gasteiger partial charge in [0.1, 0.15) is 11.9 Å². The molecule has 0 saturated heterocycles. The number of rotatable bonds is 3. The molecule has 1 aromatic heterocycles. The van der Waals surface area contributed by atoms with Crippen LogP contribution in [0.3, 0.4) is 0 Å². The Morgan fingerprint density at radius 3 is 2.61 bits per heavy atom. The zero-order valence-electron chi connectivity index (χ0n) is 8.93. The van der Waals surface area contributed by atoms with Crippen molar-refractivity contribution >= 4 is 40.2 Å². The summed E-state index contributed by atoms with van der Waals surface area (Å²) in [6, 6.07) is 7.83. The van der Waals surface area contributed by atoms with Crippen LogP contribution in [0.2, 0.25) is 5.02 Å². The highest BCUT2D eigenvalue weighted by molar-refractivity contribution is 14.1. The maximum Gasteiger partial charge on any atom is 0.371 e. The van der Waals surface area contributed by atoms with E-state index in [2.05, 4.69) is 22.6 Å². The lowest BCUT2D eigenvalue weighted by Gasteiger charge is -2.09. The van der Waals surface area contributed by atoms with Crippen LogP contribution in [0.5, 0.6) is 0 Å². The first-order valence-corrected chi connectivity index (χ1v) is 6.40.